The van der Waals surface area contributed by atoms with Crippen LogP contribution in [0.25, 0.3) is 0 Å². The largest absolute Gasteiger partial charge is 0.371 e. The van der Waals surface area contributed by atoms with Crippen molar-refractivity contribution in [3.63, 3.8) is 0 Å². The predicted octanol–water partition coefficient (Wildman–Crippen LogP) is 1.95. The van der Waals surface area contributed by atoms with E-state index in [0.717, 1.165) is 6.54 Å². The zero-order chi connectivity index (χ0) is 11.8. The van der Waals surface area contributed by atoms with Crippen LogP contribution in [0, 0.1) is 0 Å². The Labute approximate surface area is 101 Å². The van der Waals surface area contributed by atoms with Gasteiger partial charge in [0.25, 0.3) is 0 Å². The van der Waals surface area contributed by atoms with E-state index in [2.05, 4.69) is 17.4 Å². The van der Waals surface area contributed by atoms with Gasteiger partial charge >= 0.3 is 0 Å². The summed E-state index contributed by atoms with van der Waals surface area (Å²) in [7, 11) is 0. The molecule has 0 aliphatic rings. The molecule has 0 aliphatic carbocycles. The lowest BCUT2D eigenvalue weighted by molar-refractivity contribution is -0.116. The highest BCUT2D eigenvalue weighted by Gasteiger charge is 2.03. The Hall–Kier alpha value is -0.900. The highest BCUT2D eigenvalue weighted by molar-refractivity contribution is 6.63. The summed E-state index contributed by atoms with van der Waals surface area (Å²) in [5, 5.41) is 2.83. The molecule has 0 saturated carbocycles. The first-order valence-corrected chi connectivity index (χ1v) is 5.59. The summed E-state index contributed by atoms with van der Waals surface area (Å²) in [5.74, 6) is 0. The minimum Gasteiger partial charge on any atom is -0.371 e. The van der Waals surface area contributed by atoms with Crippen LogP contribution in [0.15, 0.2) is 30.3 Å². The number of benzene rings is 1. The number of ether oxygens (including phenoxy) is 1. The van der Waals surface area contributed by atoms with Crippen molar-refractivity contribution in [1.82, 2.24) is 5.32 Å². The van der Waals surface area contributed by atoms with E-state index >= 15 is 0 Å². The molecule has 88 valence electrons. The van der Waals surface area contributed by atoms with E-state index in [1.165, 1.54) is 5.56 Å². The summed E-state index contributed by atoms with van der Waals surface area (Å²) in [6.07, 6.45) is 0. The van der Waals surface area contributed by atoms with E-state index in [1.54, 1.807) is 0 Å². The smallest absolute Gasteiger partial charge is 0.247 e. The fourth-order valence-corrected chi connectivity index (χ4v) is 1.34. The van der Waals surface area contributed by atoms with Gasteiger partial charge in [0.2, 0.25) is 5.24 Å². The second kappa shape index (κ2) is 7.39. The molecule has 0 heterocycles. The molecule has 1 rings (SSSR count). The number of rotatable bonds is 7. The van der Waals surface area contributed by atoms with Crippen molar-refractivity contribution in [3.05, 3.63) is 35.9 Å². The first kappa shape index (κ1) is 13.2. The van der Waals surface area contributed by atoms with Crippen molar-refractivity contribution in [2.24, 2.45) is 0 Å². The Bertz CT molecular complexity index is 316. The van der Waals surface area contributed by atoms with Crippen molar-refractivity contribution in [2.45, 2.75) is 19.5 Å². The lowest BCUT2D eigenvalue weighted by Gasteiger charge is -2.13. The van der Waals surface area contributed by atoms with Gasteiger partial charge in [-0.25, -0.2) is 0 Å². The topological polar surface area (TPSA) is 38.3 Å². The maximum atomic E-state index is 10.4. The van der Waals surface area contributed by atoms with Crippen LogP contribution in [-0.2, 0) is 16.1 Å². The molecule has 0 aliphatic heterocycles. The lowest BCUT2D eigenvalue weighted by Crippen LogP contribution is -2.30. The molecule has 0 radical (unpaired) electrons. The van der Waals surface area contributed by atoms with Crippen molar-refractivity contribution in [1.29, 1.82) is 0 Å². The second-order valence-corrected chi connectivity index (χ2v) is 4.06. The first-order chi connectivity index (χ1) is 7.68. The van der Waals surface area contributed by atoms with Crippen molar-refractivity contribution in [3.8, 4) is 0 Å². The molecule has 1 atom stereocenters. The summed E-state index contributed by atoms with van der Waals surface area (Å²) < 4.78 is 5.10. The molecule has 1 unspecified atom stereocenters. The molecular weight excluding hydrogens is 226 g/mol. The van der Waals surface area contributed by atoms with Crippen LogP contribution >= 0.6 is 11.6 Å². The normalized spacial score (nSPS) is 12.4. The van der Waals surface area contributed by atoms with Crippen LogP contribution in [0.5, 0.6) is 0 Å². The summed E-state index contributed by atoms with van der Waals surface area (Å²) in [4.78, 5) is 10.4. The highest BCUT2D eigenvalue weighted by atomic mass is 35.5. The van der Waals surface area contributed by atoms with Crippen LogP contribution in [0.3, 0.4) is 0 Å². The van der Waals surface area contributed by atoms with Gasteiger partial charge < -0.3 is 10.1 Å². The highest BCUT2D eigenvalue weighted by Crippen LogP contribution is 1.98. The fraction of sp³-hybridized carbons (Fsp3) is 0.417. The summed E-state index contributed by atoms with van der Waals surface area (Å²) in [5.41, 5.74) is 1.22. The van der Waals surface area contributed by atoms with Gasteiger partial charge in [-0.05, 0) is 24.1 Å². The van der Waals surface area contributed by atoms with Gasteiger partial charge in [-0.1, -0.05) is 30.3 Å². The zero-order valence-electron chi connectivity index (χ0n) is 9.28. The van der Waals surface area contributed by atoms with Gasteiger partial charge in [-0.3, -0.25) is 4.79 Å². The molecule has 3 nitrogen and oxygen atoms in total. The number of carbonyl (C=O) groups is 1. The average molecular weight is 242 g/mol. The number of carbonyl (C=O) groups excluding carboxylic acids is 1. The molecule has 1 N–H and O–H groups in total. The van der Waals surface area contributed by atoms with E-state index in [-0.39, 0.29) is 12.6 Å². The number of hydrogen-bond donors (Lipinski definition) is 1. The van der Waals surface area contributed by atoms with E-state index in [1.807, 2.05) is 25.1 Å². The predicted molar refractivity (Wildman–Crippen MR) is 64.4 cm³/mol. The number of hydrogen-bond acceptors (Lipinski definition) is 3. The van der Waals surface area contributed by atoms with E-state index < -0.39 is 5.24 Å². The molecule has 4 heteroatoms. The van der Waals surface area contributed by atoms with E-state index in [0.29, 0.717) is 6.61 Å². The minimum atomic E-state index is -0.463. The van der Waals surface area contributed by atoms with Gasteiger partial charge in [-0.15, -0.1) is 0 Å². The average Bonchev–Trinajstić information content (AvgIpc) is 2.27. The molecule has 1 aromatic carbocycles. The molecule has 0 aromatic heterocycles. The van der Waals surface area contributed by atoms with Crippen LogP contribution in [0.4, 0.5) is 0 Å². The van der Waals surface area contributed by atoms with Crippen LogP contribution in [0.2, 0.25) is 0 Å². The molecule has 16 heavy (non-hydrogen) atoms. The summed E-state index contributed by atoms with van der Waals surface area (Å²) in [6, 6.07) is 10.3. The maximum Gasteiger partial charge on any atom is 0.247 e. The molecule has 0 saturated heterocycles. The quantitative estimate of drug-likeness (QED) is 0.742. The minimum absolute atomic E-state index is 0.0289. The Morgan fingerprint density at radius 2 is 2.12 bits per heavy atom. The molecular formula is C12H16ClNO2. The Morgan fingerprint density at radius 3 is 2.75 bits per heavy atom. The van der Waals surface area contributed by atoms with Crippen LogP contribution in [-0.4, -0.2) is 24.5 Å². The van der Waals surface area contributed by atoms with Crippen molar-refractivity contribution >= 4 is 16.8 Å². The molecule has 0 fully saturated rings. The molecule has 0 amide bonds. The SMILES string of the molecule is CC(COCC(=O)Cl)NCc1ccccc1. The number of halogens is 1. The van der Waals surface area contributed by atoms with Crippen LogP contribution in [0.1, 0.15) is 12.5 Å². The zero-order valence-corrected chi connectivity index (χ0v) is 10.0. The van der Waals surface area contributed by atoms with E-state index in [9.17, 15) is 4.79 Å². The summed E-state index contributed by atoms with van der Waals surface area (Å²) in [6.45, 7) is 3.24. The van der Waals surface area contributed by atoms with Gasteiger partial charge in [0.1, 0.15) is 6.61 Å². The summed E-state index contributed by atoms with van der Waals surface area (Å²) >= 11 is 5.15. The lowest BCUT2D eigenvalue weighted by atomic mass is 10.2. The standard InChI is InChI=1S/C12H16ClNO2/c1-10(8-16-9-12(13)15)14-7-11-5-3-2-4-6-11/h2-6,10,14H,7-9H2,1H3. The monoisotopic (exact) mass is 241 g/mol. The van der Waals surface area contributed by atoms with Gasteiger partial charge in [0.15, 0.2) is 0 Å². The third-order valence-electron chi connectivity index (χ3n) is 2.08. The molecule has 0 bridgehead atoms. The van der Waals surface area contributed by atoms with Gasteiger partial charge in [-0.2, -0.15) is 0 Å². The van der Waals surface area contributed by atoms with Gasteiger partial charge in [0.05, 0.1) is 6.61 Å². The molecule has 0 spiro atoms. The maximum absolute atomic E-state index is 10.4. The fourth-order valence-electron chi connectivity index (χ4n) is 1.26. The number of nitrogens with one attached hydrogen (secondary N) is 1. The second-order valence-electron chi connectivity index (χ2n) is 3.64. The Balaban J connectivity index is 2.15. The Morgan fingerprint density at radius 1 is 1.44 bits per heavy atom. The Kier molecular flexibility index (Phi) is 6.08. The third kappa shape index (κ3) is 5.85. The van der Waals surface area contributed by atoms with Gasteiger partial charge in [0, 0.05) is 12.6 Å². The van der Waals surface area contributed by atoms with Crippen molar-refractivity contribution < 1.29 is 9.53 Å². The first-order valence-electron chi connectivity index (χ1n) is 5.22. The third-order valence-corrected chi connectivity index (χ3v) is 2.19. The van der Waals surface area contributed by atoms with E-state index in [4.69, 9.17) is 16.3 Å². The molecule has 1 aromatic rings. The van der Waals surface area contributed by atoms with Crippen LogP contribution < -0.4 is 5.32 Å². The van der Waals surface area contributed by atoms with Crippen molar-refractivity contribution in [2.75, 3.05) is 13.2 Å².